The van der Waals surface area contributed by atoms with Crippen LogP contribution in [0.15, 0.2) is 23.2 Å². The third-order valence-corrected chi connectivity index (χ3v) is 3.84. The molecule has 0 saturated heterocycles. The summed E-state index contributed by atoms with van der Waals surface area (Å²) in [5, 5.41) is 7.84. The highest BCUT2D eigenvalue weighted by Gasteiger charge is 2.21. The Kier molecular flexibility index (Phi) is 4.87. The number of thiophene rings is 1. The highest BCUT2D eigenvalue weighted by molar-refractivity contribution is 7.08. The molecule has 1 unspecified atom stereocenters. The van der Waals surface area contributed by atoms with Gasteiger partial charge in [0.25, 0.3) is 0 Å². The first-order valence-corrected chi connectivity index (χ1v) is 7.33. The molecule has 2 rings (SSSR count). The molecule has 0 aliphatic rings. The van der Waals surface area contributed by atoms with Crippen LogP contribution in [-0.2, 0) is 0 Å². The second-order valence-electron chi connectivity index (χ2n) is 4.35. The van der Waals surface area contributed by atoms with E-state index in [1.54, 1.807) is 30.8 Å². The lowest BCUT2D eigenvalue weighted by Gasteiger charge is -2.19. The van der Waals surface area contributed by atoms with Crippen molar-refractivity contribution in [2.45, 2.75) is 26.3 Å². The zero-order valence-corrected chi connectivity index (χ0v) is 12.3. The minimum atomic E-state index is 0.0369. The first-order valence-electron chi connectivity index (χ1n) is 6.38. The highest BCUT2D eigenvalue weighted by atomic mass is 32.1. The number of aryl methyl sites for hydroxylation is 1. The van der Waals surface area contributed by atoms with Crippen LogP contribution in [0.5, 0.6) is 5.88 Å². The van der Waals surface area contributed by atoms with E-state index in [0.717, 1.165) is 18.7 Å². The van der Waals surface area contributed by atoms with Crippen LogP contribution in [0.1, 0.15) is 36.2 Å². The summed E-state index contributed by atoms with van der Waals surface area (Å²) in [6.07, 6.45) is 4.43. The van der Waals surface area contributed by atoms with E-state index >= 15 is 0 Å². The van der Waals surface area contributed by atoms with Gasteiger partial charge in [-0.3, -0.25) is 4.98 Å². The van der Waals surface area contributed by atoms with Gasteiger partial charge in [0.2, 0.25) is 5.88 Å². The molecular formula is C14H19N3OS. The number of ether oxygens (including phenoxy) is 1. The van der Waals surface area contributed by atoms with Gasteiger partial charge in [-0.25, -0.2) is 4.98 Å². The van der Waals surface area contributed by atoms with E-state index in [0.29, 0.717) is 5.88 Å². The van der Waals surface area contributed by atoms with Crippen molar-refractivity contribution in [2.75, 3.05) is 13.7 Å². The molecular weight excluding hydrogens is 258 g/mol. The fraction of sp³-hybridized carbons (Fsp3) is 0.429. The van der Waals surface area contributed by atoms with Gasteiger partial charge in [0.1, 0.15) is 5.69 Å². The van der Waals surface area contributed by atoms with Crippen molar-refractivity contribution in [2.24, 2.45) is 0 Å². The molecule has 19 heavy (non-hydrogen) atoms. The summed E-state index contributed by atoms with van der Waals surface area (Å²) < 4.78 is 5.33. The van der Waals surface area contributed by atoms with E-state index in [1.807, 2.05) is 0 Å². The van der Waals surface area contributed by atoms with Gasteiger partial charge < -0.3 is 10.1 Å². The number of methoxy groups -OCH3 is 1. The molecule has 0 amide bonds. The topological polar surface area (TPSA) is 47.0 Å². The SMILES string of the molecule is CCCNC(c1cscc1C)c1nccnc1OC. The maximum absolute atomic E-state index is 5.33. The molecule has 5 heteroatoms. The van der Waals surface area contributed by atoms with Crippen molar-refractivity contribution in [1.29, 1.82) is 0 Å². The largest absolute Gasteiger partial charge is 0.480 e. The van der Waals surface area contributed by atoms with Crippen LogP contribution in [0, 0.1) is 6.92 Å². The molecule has 4 nitrogen and oxygen atoms in total. The monoisotopic (exact) mass is 277 g/mol. The number of hydrogen-bond donors (Lipinski definition) is 1. The Balaban J connectivity index is 2.40. The number of nitrogens with one attached hydrogen (secondary N) is 1. The number of aromatic nitrogens is 2. The van der Waals surface area contributed by atoms with Crippen molar-refractivity contribution < 1.29 is 4.74 Å². The molecule has 0 aliphatic heterocycles. The lowest BCUT2D eigenvalue weighted by molar-refractivity contribution is 0.382. The lowest BCUT2D eigenvalue weighted by Crippen LogP contribution is -2.25. The van der Waals surface area contributed by atoms with Crippen molar-refractivity contribution in [1.82, 2.24) is 15.3 Å². The van der Waals surface area contributed by atoms with Gasteiger partial charge >= 0.3 is 0 Å². The maximum atomic E-state index is 5.33. The normalized spacial score (nSPS) is 12.4. The molecule has 1 N–H and O–H groups in total. The maximum Gasteiger partial charge on any atom is 0.237 e. The first-order chi connectivity index (χ1) is 9.27. The second kappa shape index (κ2) is 6.63. The van der Waals surface area contributed by atoms with E-state index in [1.165, 1.54) is 11.1 Å². The molecule has 0 aromatic carbocycles. The van der Waals surface area contributed by atoms with Crippen LogP contribution < -0.4 is 10.1 Å². The van der Waals surface area contributed by atoms with E-state index < -0.39 is 0 Å². The van der Waals surface area contributed by atoms with E-state index in [9.17, 15) is 0 Å². The molecule has 0 saturated carbocycles. The minimum Gasteiger partial charge on any atom is -0.480 e. The van der Waals surface area contributed by atoms with Crippen LogP contribution in [0.3, 0.4) is 0 Å². The molecule has 102 valence electrons. The summed E-state index contributed by atoms with van der Waals surface area (Å²) in [4.78, 5) is 8.70. The van der Waals surface area contributed by atoms with Crippen LogP contribution in [-0.4, -0.2) is 23.6 Å². The summed E-state index contributed by atoms with van der Waals surface area (Å²) in [5.74, 6) is 0.585. The summed E-state index contributed by atoms with van der Waals surface area (Å²) in [7, 11) is 1.63. The summed E-state index contributed by atoms with van der Waals surface area (Å²) in [6, 6.07) is 0.0369. The highest BCUT2D eigenvalue weighted by Crippen LogP contribution is 2.30. The van der Waals surface area contributed by atoms with Crippen LogP contribution in [0.4, 0.5) is 0 Å². The van der Waals surface area contributed by atoms with Crippen molar-refractivity contribution >= 4 is 11.3 Å². The van der Waals surface area contributed by atoms with Crippen molar-refractivity contribution in [3.8, 4) is 5.88 Å². The molecule has 0 fully saturated rings. The van der Waals surface area contributed by atoms with Gasteiger partial charge in [-0.05, 0) is 41.8 Å². The first kappa shape index (κ1) is 14.0. The molecule has 0 radical (unpaired) electrons. The van der Waals surface area contributed by atoms with Crippen LogP contribution in [0.25, 0.3) is 0 Å². The average molecular weight is 277 g/mol. The molecule has 0 bridgehead atoms. The van der Waals surface area contributed by atoms with Crippen LogP contribution >= 0.6 is 11.3 Å². The molecule has 0 spiro atoms. The fourth-order valence-electron chi connectivity index (χ4n) is 2.00. The van der Waals surface area contributed by atoms with Crippen LogP contribution in [0.2, 0.25) is 0 Å². The molecule has 1 atom stereocenters. The molecule has 2 aromatic rings. The van der Waals surface area contributed by atoms with Gasteiger partial charge in [0, 0.05) is 12.4 Å². The van der Waals surface area contributed by atoms with Gasteiger partial charge in [0.05, 0.1) is 13.2 Å². The van der Waals surface area contributed by atoms with Gasteiger partial charge in [0.15, 0.2) is 0 Å². The Labute approximate surface area is 117 Å². The average Bonchev–Trinajstić information content (AvgIpc) is 2.86. The summed E-state index contributed by atoms with van der Waals surface area (Å²) in [6.45, 7) is 5.20. The second-order valence-corrected chi connectivity index (χ2v) is 5.09. The number of nitrogens with zero attached hydrogens (tertiary/aromatic N) is 2. The standard InChI is InChI=1S/C14H19N3OS/c1-4-5-15-12(11-9-19-8-10(11)2)13-14(18-3)17-7-6-16-13/h6-9,12,15H,4-5H2,1-3H3. The van der Waals surface area contributed by atoms with Crippen molar-refractivity contribution in [3.05, 3.63) is 40.0 Å². The van der Waals surface area contributed by atoms with E-state index in [-0.39, 0.29) is 6.04 Å². The third-order valence-electron chi connectivity index (χ3n) is 2.96. The Morgan fingerprint density at radius 3 is 2.74 bits per heavy atom. The van der Waals surface area contributed by atoms with Crippen molar-refractivity contribution in [3.63, 3.8) is 0 Å². The van der Waals surface area contributed by atoms with E-state index in [4.69, 9.17) is 4.74 Å². The third kappa shape index (κ3) is 3.11. The number of rotatable bonds is 6. The Hall–Kier alpha value is -1.46. The minimum absolute atomic E-state index is 0.0369. The Bertz CT molecular complexity index is 527. The van der Waals surface area contributed by atoms with Gasteiger partial charge in [-0.1, -0.05) is 6.92 Å². The predicted octanol–water partition coefficient (Wildman–Crippen LogP) is 2.94. The van der Waals surface area contributed by atoms with Gasteiger partial charge in [-0.15, -0.1) is 0 Å². The summed E-state index contributed by atoms with van der Waals surface area (Å²) in [5.41, 5.74) is 3.36. The quantitative estimate of drug-likeness (QED) is 0.882. The smallest absolute Gasteiger partial charge is 0.237 e. The van der Waals surface area contributed by atoms with E-state index in [2.05, 4.69) is 39.9 Å². The predicted molar refractivity (Wildman–Crippen MR) is 77.8 cm³/mol. The fourth-order valence-corrected chi connectivity index (χ4v) is 2.88. The Morgan fingerprint density at radius 1 is 1.32 bits per heavy atom. The van der Waals surface area contributed by atoms with Gasteiger partial charge in [-0.2, -0.15) is 11.3 Å². The summed E-state index contributed by atoms with van der Waals surface area (Å²) >= 11 is 1.71. The number of hydrogen-bond acceptors (Lipinski definition) is 5. The zero-order valence-electron chi connectivity index (χ0n) is 11.5. The molecule has 2 aromatic heterocycles. The zero-order chi connectivity index (χ0) is 13.7. The Morgan fingerprint density at radius 2 is 2.11 bits per heavy atom. The molecule has 0 aliphatic carbocycles. The lowest BCUT2D eigenvalue weighted by atomic mass is 10.0. The molecule has 2 heterocycles.